The number of rotatable bonds is 3. The smallest absolute Gasteiger partial charge is 0.172 e. The first-order valence-electron chi connectivity index (χ1n) is 8.38. The van der Waals surface area contributed by atoms with Crippen LogP contribution in [-0.4, -0.2) is 16.0 Å². The van der Waals surface area contributed by atoms with Gasteiger partial charge in [-0.25, -0.2) is 9.97 Å². The Balaban J connectivity index is 1.77. The molecule has 1 aliphatic rings. The van der Waals surface area contributed by atoms with Crippen LogP contribution < -0.4 is 5.32 Å². The molecule has 3 aromatic rings. The minimum atomic E-state index is 0.512. The van der Waals surface area contributed by atoms with E-state index in [2.05, 4.69) is 48.0 Å². The Kier molecular flexibility index (Phi) is 4.00. The second-order valence-corrected chi connectivity index (χ2v) is 7.35. The molecule has 2 unspecified atom stereocenters. The number of hydrogen-bond acceptors (Lipinski definition) is 4. The molecule has 4 rings (SSSR count). The summed E-state index contributed by atoms with van der Waals surface area (Å²) in [6.07, 6.45) is 5.19. The van der Waals surface area contributed by atoms with Crippen molar-refractivity contribution < 1.29 is 0 Å². The fraction of sp³-hybridized carbons (Fsp3) is 0.368. The molecule has 0 radical (unpaired) electrons. The topological polar surface area (TPSA) is 37.8 Å². The number of thiophene rings is 1. The number of fused-ring (bicyclic) bond motifs is 1. The van der Waals surface area contributed by atoms with E-state index in [4.69, 9.17) is 9.97 Å². The van der Waals surface area contributed by atoms with Crippen LogP contribution in [0.5, 0.6) is 0 Å². The van der Waals surface area contributed by atoms with Gasteiger partial charge < -0.3 is 5.32 Å². The van der Waals surface area contributed by atoms with Crippen LogP contribution in [0.3, 0.4) is 0 Å². The molecule has 3 nitrogen and oxygen atoms in total. The van der Waals surface area contributed by atoms with Crippen LogP contribution in [0.4, 0.5) is 5.82 Å². The first-order valence-corrected chi connectivity index (χ1v) is 9.26. The molecule has 2 aromatic heterocycles. The number of nitrogens with zero attached hydrogens (tertiary/aromatic N) is 2. The van der Waals surface area contributed by atoms with Crippen molar-refractivity contribution in [2.75, 3.05) is 5.32 Å². The molecule has 1 fully saturated rings. The van der Waals surface area contributed by atoms with Crippen LogP contribution in [0.2, 0.25) is 0 Å². The third kappa shape index (κ3) is 2.95. The van der Waals surface area contributed by atoms with Crippen LogP contribution in [0.1, 0.15) is 32.6 Å². The quantitative estimate of drug-likeness (QED) is 0.706. The van der Waals surface area contributed by atoms with E-state index < -0.39 is 0 Å². The van der Waals surface area contributed by atoms with Crippen molar-refractivity contribution in [3.05, 3.63) is 41.8 Å². The summed E-state index contributed by atoms with van der Waals surface area (Å²) in [6.45, 7) is 2.35. The highest BCUT2D eigenvalue weighted by atomic mass is 32.1. The summed E-state index contributed by atoms with van der Waals surface area (Å²) in [5.74, 6) is 2.50. The van der Waals surface area contributed by atoms with Gasteiger partial charge in [0.15, 0.2) is 5.82 Å². The van der Waals surface area contributed by atoms with E-state index >= 15 is 0 Å². The van der Waals surface area contributed by atoms with Crippen LogP contribution in [-0.2, 0) is 0 Å². The van der Waals surface area contributed by atoms with E-state index in [1.54, 1.807) is 11.3 Å². The van der Waals surface area contributed by atoms with E-state index in [9.17, 15) is 0 Å². The number of nitrogens with one attached hydrogen (secondary N) is 1. The molecule has 1 aliphatic carbocycles. The molecule has 1 saturated carbocycles. The van der Waals surface area contributed by atoms with Gasteiger partial charge in [-0.05, 0) is 42.3 Å². The van der Waals surface area contributed by atoms with Crippen molar-refractivity contribution in [1.29, 1.82) is 0 Å². The number of anilines is 1. The highest BCUT2D eigenvalue weighted by Gasteiger charge is 2.22. The second kappa shape index (κ2) is 6.28. The molecular formula is C19H21N3S. The van der Waals surface area contributed by atoms with E-state index in [-0.39, 0.29) is 0 Å². The monoisotopic (exact) mass is 323 g/mol. The van der Waals surface area contributed by atoms with Gasteiger partial charge >= 0.3 is 0 Å². The van der Waals surface area contributed by atoms with Crippen molar-refractivity contribution in [2.24, 2.45) is 5.92 Å². The van der Waals surface area contributed by atoms with Crippen LogP contribution in [0, 0.1) is 5.92 Å². The fourth-order valence-corrected chi connectivity index (χ4v) is 4.07. The highest BCUT2D eigenvalue weighted by molar-refractivity contribution is 7.13. The molecule has 118 valence electrons. The van der Waals surface area contributed by atoms with Crippen molar-refractivity contribution in [2.45, 2.75) is 38.6 Å². The Morgan fingerprint density at radius 2 is 1.91 bits per heavy atom. The lowest BCUT2D eigenvalue weighted by Crippen LogP contribution is -2.30. The van der Waals surface area contributed by atoms with Gasteiger partial charge in [-0.3, -0.25) is 0 Å². The van der Waals surface area contributed by atoms with E-state index in [0.717, 1.165) is 27.4 Å². The number of aromatic nitrogens is 2. The van der Waals surface area contributed by atoms with Gasteiger partial charge in [0.1, 0.15) is 5.82 Å². The fourth-order valence-electron chi connectivity index (χ4n) is 3.41. The Bertz CT molecular complexity index is 797. The summed E-state index contributed by atoms with van der Waals surface area (Å²) >= 11 is 1.69. The number of para-hydroxylation sites is 1. The SMILES string of the molecule is CC1CCCCC1Nc1nc(-c2cccs2)nc2ccccc12. The lowest BCUT2D eigenvalue weighted by Gasteiger charge is -2.30. The summed E-state index contributed by atoms with van der Waals surface area (Å²) in [5.41, 5.74) is 1.01. The predicted molar refractivity (Wildman–Crippen MR) is 97.9 cm³/mol. The minimum Gasteiger partial charge on any atom is -0.366 e. The van der Waals surface area contributed by atoms with Gasteiger partial charge in [-0.15, -0.1) is 11.3 Å². The summed E-state index contributed by atoms with van der Waals surface area (Å²) in [7, 11) is 0. The molecule has 1 aromatic carbocycles. The van der Waals surface area contributed by atoms with Gasteiger partial charge in [-0.1, -0.05) is 38.0 Å². The lowest BCUT2D eigenvalue weighted by molar-refractivity contribution is 0.349. The molecule has 1 N–H and O–H groups in total. The Morgan fingerprint density at radius 3 is 2.74 bits per heavy atom. The Labute approximate surface area is 140 Å². The summed E-state index contributed by atoms with van der Waals surface area (Å²) < 4.78 is 0. The zero-order valence-corrected chi connectivity index (χ0v) is 14.1. The maximum Gasteiger partial charge on any atom is 0.172 e. The van der Waals surface area contributed by atoms with Gasteiger partial charge in [0.2, 0.25) is 0 Å². The average Bonchev–Trinajstić information content (AvgIpc) is 3.11. The van der Waals surface area contributed by atoms with Crippen molar-refractivity contribution >= 4 is 28.1 Å². The first kappa shape index (κ1) is 14.6. The average molecular weight is 323 g/mol. The van der Waals surface area contributed by atoms with Crippen molar-refractivity contribution in [3.8, 4) is 10.7 Å². The third-order valence-corrected chi connectivity index (χ3v) is 5.64. The third-order valence-electron chi connectivity index (χ3n) is 4.78. The Hall–Kier alpha value is -1.94. The predicted octanol–water partition coefficient (Wildman–Crippen LogP) is 5.35. The standard InChI is InChI=1S/C19H21N3S/c1-13-7-2-4-9-15(13)20-18-14-8-3-5-10-16(14)21-19(22-18)17-11-6-12-23-17/h3,5-6,8,10-13,15H,2,4,7,9H2,1H3,(H,20,21,22). The highest BCUT2D eigenvalue weighted by Crippen LogP contribution is 2.31. The normalized spacial score (nSPS) is 21.4. The largest absolute Gasteiger partial charge is 0.366 e. The maximum absolute atomic E-state index is 4.86. The van der Waals surface area contributed by atoms with E-state index in [0.29, 0.717) is 12.0 Å². The molecule has 0 aliphatic heterocycles. The minimum absolute atomic E-state index is 0.512. The Morgan fingerprint density at radius 1 is 1.04 bits per heavy atom. The second-order valence-electron chi connectivity index (χ2n) is 6.40. The zero-order valence-electron chi connectivity index (χ0n) is 13.3. The van der Waals surface area contributed by atoms with Crippen LogP contribution in [0.25, 0.3) is 21.6 Å². The molecule has 0 bridgehead atoms. The van der Waals surface area contributed by atoms with Gasteiger partial charge in [0, 0.05) is 11.4 Å². The van der Waals surface area contributed by atoms with Gasteiger partial charge in [0.05, 0.1) is 10.4 Å². The van der Waals surface area contributed by atoms with Crippen LogP contribution >= 0.6 is 11.3 Å². The molecule has 2 atom stereocenters. The van der Waals surface area contributed by atoms with Crippen molar-refractivity contribution in [1.82, 2.24) is 9.97 Å². The number of hydrogen-bond donors (Lipinski definition) is 1. The van der Waals surface area contributed by atoms with Gasteiger partial charge in [0.25, 0.3) is 0 Å². The van der Waals surface area contributed by atoms with E-state index in [1.807, 2.05) is 6.07 Å². The summed E-state index contributed by atoms with van der Waals surface area (Å²) in [5, 5.41) is 6.92. The molecule has 0 spiro atoms. The van der Waals surface area contributed by atoms with Crippen LogP contribution in [0.15, 0.2) is 41.8 Å². The molecular weight excluding hydrogens is 302 g/mol. The molecule has 0 saturated heterocycles. The zero-order chi connectivity index (χ0) is 15.6. The first-order chi connectivity index (χ1) is 11.3. The molecule has 23 heavy (non-hydrogen) atoms. The van der Waals surface area contributed by atoms with Crippen molar-refractivity contribution in [3.63, 3.8) is 0 Å². The summed E-state index contributed by atoms with van der Waals surface area (Å²) in [6, 6.07) is 12.9. The molecule has 4 heteroatoms. The number of benzene rings is 1. The lowest BCUT2D eigenvalue weighted by atomic mass is 9.86. The van der Waals surface area contributed by atoms with E-state index in [1.165, 1.54) is 25.7 Å². The molecule has 0 amide bonds. The van der Waals surface area contributed by atoms with Gasteiger partial charge in [-0.2, -0.15) is 0 Å². The molecule has 2 heterocycles. The maximum atomic E-state index is 4.86. The summed E-state index contributed by atoms with van der Waals surface area (Å²) in [4.78, 5) is 10.7.